The van der Waals surface area contributed by atoms with E-state index in [9.17, 15) is 5.26 Å². The van der Waals surface area contributed by atoms with Gasteiger partial charge in [0.15, 0.2) is 11.5 Å². The van der Waals surface area contributed by atoms with Crippen molar-refractivity contribution in [3.05, 3.63) is 65.3 Å². The Bertz CT molecular complexity index is 1120. The first-order valence-corrected chi connectivity index (χ1v) is 9.05. The molecule has 1 aromatic carbocycles. The summed E-state index contributed by atoms with van der Waals surface area (Å²) < 4.78 is 17.0. The van der Waals surface area contributed by atoms with E-state index in [1.807, 2.05) is 37.3 Å². The zero-order valence-corrected chi connectivity index (χ0v) is 16.0. The van der Waals surface area contributed by atoms with Crippen LogP contribution < -0.4 is 19.9 Å². The van der Waals surface area contributed by atoms with Crippen LogP contribution >= 0.6 is 0 Å². The monoisotopic (exact) mass is 389 g/mol. The third-order valence-corrected chi connectivity index (χ3v) is 4.74. The van der Waals surface area contributed by atoms with Crippen LogP contribution in [-0.2, 0) is 0 Å². The number of H-pyrrole nitrogens is 1. The first-order chi connectivity index (χ1) is 14.2. The Kier molecular flexibility index (Phi) is 4.79. The van der Waals surface area contributed by atoms with Gasteiger partial charge < -0.3 is 19.9 Å². The quantitative estimate of drug-likeness (QED) is 0.688. The number of aromatic amines is 1. The molecule has 0 aliphatic carbocycles. The van der Waals surface area contributed by atoms with E-state index >= 15 is 0 Å². The molecule has 8 nitrogen and oxygen atoms in total. The van der Waals surface area contributed by atoms with Gasteiger partial charge >= 0.3 is 0 Å². The number of nitriles is 1. The van der Waals surface area contributed by atoms with Gasteiger partial charge in [0.25, 0.3) is 0 Å². The van der Waals surface area contributed by atoms with Gasteiger partial charge in [-0.25, -0.2) is 0 Å². The maximum atomic E-state index is 9.88. The number of rotatable bonds is 5. The van der Waals surface area contributed by atoms with Gasteiger partial charge in [0.2, 0.25) is 11.8 Å². The van der Waals surface area contributed by atoms with Gasteiger partial charge in [0.05, 0.1) is 30.9 Å². The number of ether oxygens (including phenoxy) is 3. The molecule has 29 heavy (non-hydrogen) atoms. The number of benzene rings is 1. The topological polar surface area (TPSA) is 119 Å². The predicted octanol–water partition coefficient (Wildman–Crippen LogP) is 3.10. The van der Waals surface area contributed by atoms with Crippen LogP contribution in [0.5, 0.6) is 17.4 Å². The molecule has 0 unspecified atom stereocenters. The second-order valence-electron chi connectivity index (χ2n) is 6.29. The highest BCUT2D eigenvalue weighted by Crippen LogP contribution is 2.49. The van der Waals surface area contributed by atoms with E-state index in [-0.39, 0.29) is 11.5 Å². The molecule has 4 rings (SSSR count). The minimum Gasteiger partial charge on any atom is -0.493 e. The van der Waals surface area contributed by atoms with Crippen molar-refractivity contribution < 1.29 is 14.2 Å². The van der Waals surface area contributed by atoms with E-state index in [4.69, 9.17) is 19.9 Å². The second-order valence-corrected chi connectivity index (χ2v) is 6.29. The van der Waals surface area contributed by atoms with Gasteiger partial charge in [-0.2, -0.15) is 5.26 Å². The molecule has 1 aliphatic rings. The first kappa shape index (κ1) is 18.4. The Hall–Kier alpha value is -3.99. The fourth-order valence-corrected chi connectivity index (χ4v) is 3.51. The average Bonchev–Trinajstić information content (AvgIpc) is 3.17. The molecular formula is C21H19N5O3. The van der Waals surface area contributed by atoms with Gasteiger partial charge in [0, 0.05) is 23.5 Å². The lowest BCUT2D eigenvalue weighted by Gasteiger charge is -2.26. The summed E-state index contributed by atoms with van der Waals surface area (Å²) in [4.78, 5) is 4.07. The van der Waals surface area contributed by atoms with Gasteiger partial charge in [-0.15, -0.1) is 5.10 Å². The highest BCUT2D eigenvalue weighted by Gasteiger charge is 2.37. The molecule has 8 heteroatoms. The van der Waals surface area contributed by atoms with E-state index in [1.54, 1.807) is 19.5 Å². The molecule has 0 radical (unpaired) electrons. The highest BCUT2D eigenvalue weighted by molar-refractivity contribution is 5.71. The predicted molar refractivity (Wildman–Crippen MR) is 105 cm³/mol. The van der Waals surface area contributed by atoms with Crippen molar-refractivity contribution in [1.29, 1.82) is 5.26 Å². The van der Waals surface area contributed by atoms with Crippen molar-refractivity contribution in [2.24, 2.45) is 5.73 Å². The maximum absolute atomic E-state index is 9.88. The molecule has 0 spiro atoms. The Morgan fingerprint density at radius 1 is 1.28 bits per heavy atom. The third-order valence-electron chi connectivity index (χ3n) is 4.74. The van der Waals surface area contributed by atoms with Crippen LogP contribution in [0.3, 0.4) is 0 Å². The van der Waals surface area contributed by atoms with Crippen LogP contribution in [0.25, 0.3) is 11.3 Å². The number of para-hydroxylation sites is 1. The first-order valence-electron chi connectivity index (χ1n) is 9.05. The normalized spacial score (nSPS) is 15.3. The Morgan fingerprint density at radius 2 is 2.07 bits per heavy atom. The van der Waals surface area contributed by atoms with Crippen molar-refractivity contribution in [2.45, 2.75) is 12.8 Å². The molecule has 0 fully saturated rings. The van der Waals surface area contributed by atoms with Crippen molar-refractivity contribution in [3.8, 4) is 34.7 Å². The second kappa shape index (κ2) is 7.56. The average molecular weight is 389 g/mol. The van der Waals surface area contributed by atoms with Gasteiger partial charge in [-0.1, -0.05) is 12.1 Å². The van der Waals surface area contributed by atoms with Gasteiger partial charge in [-0.05, 0) is 25.1 Å². The van der Waals surface area contributed by atoms with Crippen LogP contribution in [0.1, 0.15) is 24.0 Å². The minimum absolute atomic E-state index is 0.0167. The molecule has 3 aromatic rings. The number of pyridine rings is 1. The molecule has 0 amide bonds. The summed E-state index contributed by atoms with van der Waals surface area (Å²) in [6, 6.07) is 11.5. The SMILES string of the molecule is CCOc1c(OC)cccc1[C@H]1C(C#N)=C(N)Oc2n[nH]c(-c3ccncc3)c21. The summed E-state index contributed by atoms with van der Waals surface area (Å²) in [7, 11) is 1.58. The zero-order valence-electron chi connectivity index (χ0n) is 16.0. The van der Waals surface area contributed by atoms with Crippen LogP contribution in [0.4, 0.5) is 0 Å². The van der Waals surface area contributed by atoms with Crippen molar-refractivity contribution in [1.82, 2.24) is 15.2 Å². The van der Waals surface area contributed by atoms with Crippen molar-refractivity contribution in [2.75, 3.05) is 13.7 Å². The molecule has 2 aromatic heterocycles. The number of nitrogens with zero attached hydrogens (tertiary/aromatic N) is 3. The lowest BCUT2D eigenvalue weighted by atomic mass is 9.82. The summed E-state index contributed by atoms with van der Waals surface area (Å²) in [5.41, 5.74) is 9.38. The molecule has 3 N–H and O–H groups in total. The third kappa shape index (κ3) is 3.02. The molecule has 1 aliphatic heterocycles. The van der Waals surface area contributed by atoms with E-state index < -0.39 is 5.92 Å². The fraction of sp³-hybridized carbons (Fsp3) is 0.190. The molecule has 1 atom stereocenters. The van der Waals surface area contributed by atoms with E-state index in [2.05, 4.69) is 21.3 Å². The summed E-state index contributed by atoms with van der Waals surface area (Å²) >= 11 is 0. The number of hydrogen-bond acceptors (Lipinski definition) is 7. The molecule has 146 valence electrons. The van der Waals surface area contributed by atoms with Crippen molar-refractivity contribution >= 4 is 0 Å². The van der Waals surface area contributed by atoms with Crippen LogP contribution in [0.15, 0.2) is 54.2 Å². The van der Waals surface area contributed by atoms with E-state index in [0.29, 0.717) is 29.5 Å². The number of nitrogens with one attached hydrogen (secondary N) is 1. The number of fused-ring (bicyclic) bond motifs is 1. The molecule has 0 saturated heterocycles. The van der Waals surface area contributed by atoms with Crippen molar-refractivity contribution in [3.63, 3.8) is 0 Å². The summed E-state index contributed by atoms with van der Waals surface area (Å²) in [6.07, 6.45) is 3.38. The van der Waals surface area contributed by atoms with Gasteiger partial charge in [-0.3, -0.25) is 10.1 Å². The number of nitrogens with two attached hydrogens (primary N) is 1. The Labute approximate surface area is 167 Å². The molecule has 3 heterocycles. The van der Waals surface area contributed by atoms with Crippen LogP contribution in [0.2, 0.25) is 0 Å². The highest BCUT2D eigenvalue weighted by atomic mass is 16.5. The number of allylic oxidation sites excluding steroid dienone is 1. The van der Waals surface area contributed by atoms with E-state index in [1.165, 1.54) is 0 Å². The summed E-state index contributed by atoms with van der Waals surface area (Å²) in [6.45, 7) is 2.33. The lowest BCUT2D eigenvalue weighted by Crippen LogP contribution is -2.21. The largest absolute Gasteiger partial charge is 0.493 e. The lowest BCUT2D eigenvalue weighted by molar-refractivity contribution is 0.306. The summed E-state index contributed by atoms with van der Waals surface area (Å²) in [5, 5.41) is 17.2. The molecular weight excluding hydrogens is 370 g/mol. The smallest absolute Gasteiger partial charge is 0.244 e. The van der Waals surface area contributed by atoms with Crippen LogP contribution in [-0.4, -0.2) is 28.9 Å². The van der Waals surface area contributed by atoms with Crippen LogP contribution in [0, 0.1) is 11.3 Å². The number of methoxy groups -OCH3 is 1. The molecule has 0 bridgehead atoms. The Balaban J connectivity index is 1.99. The van der Waals surface area contributed by atoms with Gasteiger partial charge in [0.1, 0.15) is 11.6 Å². The standard InChI is InChI=1S/C21H19N5O3/c1-3-28-19-13(5-4-6-15(19)27-2)16-14(11-22)20(23)29-21-17(16)18(25-26-21)12-7-9-24-10-8-12/h4-10,16H,3,23H2,1-2H3,(H,25,26)/t16-/m0/s1. The molecule has 0 saturated carbocycles. The summed E-state index contributed by atoms with van der Waals surface area (Å²) in [5.74, 6) is 0.925. The zero-order chi connectivity index (χ0) is 20.4. The van der Waals surface area contributed by atoms with E-state index in [0.717, 1.165) is 16.8 Å². The minimum atomic E-state index is -0.540. The number of aromatic nitrogens is 3. The number of hydrogen-bond donors (Lipinski definition) is 2. The Morgan fingerprint density at radius 3 is 2.76 bits per heavy atom. The fourth-order valence-electron chi connectivity index (χ4n) is 3.51. The maximum Gasteiger partial charge on any atom is 0.244 e.